The summed E-state index contributed by atoms with van der Waals surface area (Å²) in [5.74, 6) is 0.00291. The zero-order valence-corrected chi connectivity index (χ0v) is 19.8. The van der Waals surface area contributed by atoms with Crippen molar-refractivity contribution in [3.63, 3.8) is 0 Å². The molecule has 1 amide bonds. The number of carbonyl (C=O) groups is 1. The third-order valence-corrected chi connectivity index (χ3v) is 7.82. The number of sulfonamides is 1. The molecule has 1 heterocycles. The first-order valence-electron chi connectivity index (χ1n) is 10.9. The molecule has 1 saturated heterocycles. The topological polar surface area (TPSA) is 66.5 Å². The zero-order chi connectivity index (χ0) is 22.4. The molecule has 1 fully saturated rings. The number of nitrogens with zero attached hydrogens (tertiary/aromatic N) is 1. The lowest BCUT2D eigenvalue weighted by Crippen LogP contribution is -2.33. The minimum Gasteiger partial charge on any atom is -0.345 e. The van der Waals surface area contributed by atoms with Crippen molar-refractivity contribution < 1.29 is 13.2 Å². The van der Waals surface area contributed by atoms with Gasteiger partial charge in [-0.05, 0) is 48.9 Å². The number of carbonyl (C=O) groups excluding carboxylic acids is 1. The Kier molecular flexibility index (Phi) is 8.14. The average molecular weight is 463 g/mol. The Labute approximate surface area is 190 Å². The van der Waals surface area contributed by atoms with Gasteiger partial charge in [0.05, 0.1) is 21.5 Å². The summed E-state index contributed by atoms with van der Waals surface area (Å²) in [6, 6.07) is 14.0. The summed E-state index contributed by atoms with van der Waals surface area (Å²) >= 11 is 6.32. The Morgan fingerprint density at radius 2 is 1.68 bits per heavy atom. The van der Waals surface area contributed by atoms with Crippen molar-refractivity contribution in [3.05, 3.63) is 64.7 Å². The maximum absolute atomic E-state index is 13.2. The Morgan fingerprint density at radius 3 is 2.29 bits per heavy atom. The Hall–Kier alpha value is -1.89. The zero-order valence-electron chi connectivity index (χ0n) is 18.2. The molecule has 7 heteroatoms. The van der Waals surface area contributed by atoms with Crippen LogP contribution in [0.5, 0.6) is 0 Å². The highest BCUT2D eigenvalue weighted by Crippen LogP contribution is 2.27. The standard InChI is InChI=1S/C24H31ClN2O3S/c1-18(2)16-23(19-10-6-5-7-11-19)26-24(28)21-17-20(12-13-22(21)25)31(29,30)27-14-8-3-4-9-15-27/h5-7,10-13,17-18,23H,3-4,8-9,14-16H2,1-2H3,(H,26,28)/t23-/m1/s1. The number of halogens is 1. The van der Waals surface area contributed by atoms with E-state index in [4.69, 9.17) is 11.6 Å². The van der Waals surface area contributed by atoms with Crippen LogP contribution in [-0.2, 0) is 10.0 Å². The molecule has 3 rings (SSSR count). The number of rotatable bonds is 7. The van der Waals surface area contributed by atoms with Gasteiger partial charge in [0.25, 0.3) is 5.91 Å². The second kappa shape index (κ2) is 10.6. The molecule has 0 saturated carbocycles. The summed E-state index contributed by atoms with van der Waals surface area (Å²) in [5.41, 5.74) is 1.19. The van der Waals surface area contributed by atoms with Crippen LogP contribution in [0.2, 0.25) is 5.02 Å². The quantitative estimate of drug-likeness (QED) is 0.597. The second-order valence-corrected chi connectivity index (χ2v) is 10.9. The normalized spacial score (nSPS) is 16.6. The Bertz CT molecular complexity index is 985. The van der Waals surface area contributed by atoms with Crippen molar-refractivity contribution in [1.29, 1.82) is 0 Å². The smallest absolute Gasteiger partial charge is 0.253 e. The van der Waals surface area contributed by atoms with Gasteiger partial charge in [-0.2, -0.15) is 4.31 Å². The molecule has 1 aliphatic rings. The Balaban J connectivity index is 1.87. The summed E-state index contributed by atoms with van der Waals surface area (Å²) in [6.07, 6.45) is 4.55. The predicted molar refractivity (Wildman–Crippen MR) is 125 cm³/mol. The molecular weight excluding hydrogens is 432 g/mol. The van der Waals surface area contributed by atoms with Crippen LogP contribution in [0.15, 0.2) is 53.4 Å². The van der Waals surface area contributed by atoms with Crippen molar-refractivity contribution in [2.75, 3.05) is 13.1 Å². The first kappa shape index (κ1) is 23.8. The van der Waals surface area contributed by atoms with E-state index in [1.165, 1.54) is 22.5 Å². The van der Waals surface area contributed by atoms with Gasteiger partial charge < -0.3 is 5.32 Å². The highest BCUT2D eigenvalue weighted by atomic mass is 35.5. The molecule has 0 unspecified atom stereocenters. The summed E-state index contributed by atoms with van der Waals surface area (Å²) in [6.45, 7) is 5.22. The van der Waals surface area contributed by atoms with E-state index in [2.05, 4.69) is 19.2 Å². The van der Waals surface area contributed by atoms with Crippen molar-refractivity contribution in [2.45, 2.75) is 56.9 Å². The number of hydrogen-bond donors (Lipinski definition) is 1. The molecule has 0 radical (unpaired) electrons. The highest BCUT2D eigenvalue weighted by Gasteiger charge is 2.27. The van der Waals surface area contributed by atoms with Gasteiger partial charge >= 0.3 is 0 Å². The van der Waals surface area contributed by atoms with Gasteiger partial charge in [-0.3, -0.25) is 4.79 Å². The van der Waals surface area contributed by atoms with Crippen LogP contribution in [0.25, 0.3) is 0 Å². The SMILES string of the molecule is CC(C)C[C@@H](NC(=O)c1cc(S(=O)(=O)N2CCCCCC2)ccc1Cl)c1ccccc1. The van der Waals surface area contributed by atoms with Gasteiger partial charge in [0, 0.05) is 13.1 Å². The van der Waals surface area contributed by atoms with Crippen molar-refractivity contribution in [1.82, 2.24) is 9.62 Å². The van der Waals surface area contributed by atoms with Crippen molar-refractivity contribution >= 4 is 27.5 Å². The van der Waals surface area contributed by atoms with Crippen LogP contribution < -0.4 is 5.32 Å². The molecule has 0 spiro atoms. The van der Waals surface area contributed by atoms with Crippen LogP contribution in [0.3, 0.4) is 0 Å². The molecule has 0 aliphatic carbocycles. The van der Waals surface area contributed by atoms with Crippen LogP contribution in [-0.4, -0.2) is 31.7 Å². The molecule has 1 N–H and O–H groups in total. The highest BCUT2D eigenvalue weighted by molar-refractivity contribution is 7.89. The minimum absolute atomic E-state index is 0.115. The summed E-state index contributed by atoms with van der Waals surface area (Å²) < 4.78 is 27.9. The van der Waals surface area contributed by atoms with E-state index in [9.17, 15) is 13.2 Å². The molecule has 2 aromatic carbocycles. The van der Waals surface area contributed by atoms with E-state index in [-0.39, 0.29) is 27.4 Å². The van der Waals surface area contributed by atoms with Gasteiger partial charge in [0.1, 0.15) is 0 Å². The lowest BCUT2D eigenvalue weighted by Gasteiger charge is -2.22. The van der Waals surface area contributed by atoms with Crippen LogP contribution >= 0.6 is 11.6 Å². The van der Waals surface area contributed by atoms with E-state index in [0.29, 0.717) is 19.0 Å². The third-order valence-electron chi connectivity index (χ3n) is 5.60. The summed E-state index contributed by atoms with van der Waals surface area (Å²) in [4.78, 5) is 13.3. The molecule has 168 valence electrons. The molecule has 1 atom stereocenters. The molecule has 1 aliphatic heterocycles. The van der Waals surface area contributed by atoms with Crippen LogP contribution in [0.4, 0.5) is 0 Å². The molecule has 2 aromatic rings. The summed E-state index contributed by atoms with van der Waals surface area (Å²) in [7, 11) is -3.66. The molecule has 5 nitrogen and oxygen atoms in total. The Morgan fingerprint density at radius 1 is 1.03 bits per heavy atom. The van der Waals surface area contributed by atoms with Crippen molar-refractivity contribution in [3.8, 4) is 0 Å². The van der Waals surface area contributed by atoms with E-state index >= 15 is 0 Å². The largest absolute Gasteiger partial charge is 0.345 e. The summed E-state index contributed by atoms with van der Waals surface area (Å²) in [5, 5.41) is 3.30. The number of benzene rings is 2. The molecule has 0 aromatic heterocycles. The van der Waals surface area contributed by atoms with E-state index in [1.54, 1.807) is 0 Å². The first-order valence-corrected chi connectivity index (χ1v) is 12.8. The number of hydrogen-bond acceptors (Lipinski definition) is 3. The van der Waals surface area contributed by atoms with Crippen LogP contribution in [0.1, 0.15) is 67.9 Å². The van der Waals surface area contributed by atoms with E-state index < -0.39 is 10.0 Å². The number of amides is 1. The van der Waals surface area contributed by atoms with Crippen molar-refractivity contribution in [2.24, 2.45) is 5.92 Å². The maximum atomic E-state index is 13.2. The minimum atomic E-state index is -3.66. The van der Waals surface area contributed by atoms with E-state index in [1.807, 2.05) is 30.3 Å². The van der Waals surface area contributed by atoms with Gasteiger partial charge in [-0.25, -0.2) is 8.42 Å². The maximum Gasteiger partial charge on any atom is 0.253 e. The second-order valence-electron chi connectivity index (χ2n) is 8.53. The lowest BCUT2D eigenvalue weighted by atomic mass is 9.96. The fourth-order valence-electron chi connectivity index (χ4n) is 3.94. The van der Waals surface area contributed by atoms with Gasteiger partial charge in [-0.15, -0.1) is 0 Å². The molecule has 0 bridgehead atoms. The number of nitrogens with one attached hydrogen (secondary N) is 1. The fraction of sp³-hybridized carbons (Fsp3) is 0.458. The van der Waals surface area contributed by atoms with Gasteiger partial charge in [-0.1, -0.05) is 68.6 Å². The van der Waals surface area contributed by atoms with E-state index in [0.717, 1.165) is 37.7 Å². The predicted octanol–water partition coefficient (Wildman–Crippen LogP) is 5.42. The van der Waals surface area contributed by atoms with Gasteiger partial charge in [0.15, 0.2) is 0 Å². The van der Waals surface area contributed by atoms with Gasteiger partial charge in [0.2, 0.25) is 10.0 Å². The van der Waals surface area contributed by atoms with Crippen LogP contribution in [0, 0.1) is 5.92 Å². The monoisotopic (exact) mass is 462 g/mol. The first-order chi connectivity index (χ1) is 14.8. The lowest BCUT2D eigenvalue weighted by molar-refractivity contribution is 0.0932. The fourth-order valence-corrected chi connectivity index (χ4v) is 5.69. The molecular formula is C24H31ClN2O3S. The third kappa shape index (κ3) is 6.09. The average Bonchev–Trinajstić information content (AvgIpc) is 3.04. The molecule has 31 heavy (non-hydrogen) atoms.